The Labute approximate surface area is 199 Å². The van der Waals surface area contributed by atoms with Crippen LogP contribution in [-0.2, 0) is 19.5 Å². The number of benzene rings is 4. The largest absolute Gasteiger partial charge is 2.00 e. The van der Waals surface area contributed by atoms with Gasteiger partial charge in [-0.1, -0.05) is 119 Å². The van der Waals surface area contributed by atoms with Crippen LogP contribution in [0.15, 0.2) is 97.1 Å². The van der Waals surface area contributed by atoms with Crippen LogP contribution in [0.2, 0.25) is 0 Å². The average molecular weight is 458 g/mol. The summed E-state index contributed by atoms with van der Waals surface area (Å²) in [5.74, 6) is 0. The molecule has 0 atom stereocenters. The van der Waals surface area contributed by atoms with Crippen molar-refractivity contribution in [3.63, 3.8) is 0 Å². The number of aryl methyl sites for hydroxylation is 4. The molecule has 0 saturated carbocycles. The Balaban J connectivity index is 0.000000213. The topological polar surface area (TPSA) is 28.2 Å². The van der Waals surface area contributed by atoms with E-state index < -0.39 is 0 Å². The predicted molar refractivity (Wildman–Crippen MR) is 130 cm³/mol. The fraction of sp³-hybridized carbons (Fsp3) is 0.143. The number of rotatable bonds is 4. The number of hydrogen-bond donors (Lipinski definition) is 0. The second-order valence-corrected chi connectivity index (χ2v) is 7.58. The van der Waals surface area contributed by atoms with E-state index >= 15 is 0 Å². The zero-order valence-electron chi connectivity index (χ0n) is 18.8. The summed E-state index contributed by atoms with van der Waals surface area (Å²) >= 11 is 0. The molecule has 0 aromatic heterocycles. The van der Waals surface area contributed by atoms with Crippen LogP contribution in [0.5, 0.6) is 0 Å². The number of hydrogen-bond acceptors (Lipinski definition) is 0. The molecule has 0 spiro atoms. The molecule has 0 N–H and O–H groups in total. The van der Waals surface area contributed by atoms with E-state index in [9.17, 15) is 0 Å². The zero-order chi connectivity index (χ0) is 21.3. The van der Waals surface area contributed by atoms with Crippen molar-refractivity contribution in [2.24, 2.45) is 0 Å². The van der Waals surface area contributed by atoms with Crippen molar-refractivity contribution in [3.8, 4) is 0 Å². The monoisotopic (exact) mass is 456 g/mol. The van der Waals surface area contributed by atoms with Crippen LogP contribution in [0.25, 0.3) is 10.6 Å². The van der Waals surface area contributed by atoms with Crippen molar-refractivity contribution < 1.29 is 19.5 Å². The first-order valence-corrected chi connectivity index (χ1v) is 10.2. The molecule has 0 unspecified atom stereocenters. The molecule has 0 fully saturated rings. The standard InChI is InChI=1S/2C14H14N.Zn/c2*1-11-5-3-7-13(9-11)15-14-8-4-6-12(2)10-14;/h2*3-10H,1-2H3;/q2*-1;+2. The Kier molecular flexibility index (Phi) is 9.50. The third-order valence-corrected chi connectivity index (χ3v) is 4.52. The van der Waals surface area contributed by atoms with E-state index in [0.717, 1.165) is 22.7 Å². The van der Waals surface area contributed by atoms with Crippen molar-refractivity contribution in [3.05, 3.63) is 130 Å². The maximum atomic E-state index is 4.56. The van der Waals surface area contributed by atoms with E-state index in [1.54, 1.807) is 0 Å². The van der Waals surface area contributed by atoms with Crippen LogP contribution < -0.4 is 0 Å². The molecule has 4 rings (SSSR count). The van der Waals surface area contributed by atoms with Crippen LogP contribution in [0, 0.1) is 27.7 Å². The van der Waals surface area contributed by atoms with Crippen molar-refractivity contribution in [2.75, 3.05) is 0 Å². The van der Waals surface area contributed by atoms with E-state index in [4.69, 9.17) is 0 Å². The number of nitrogens with zero attached hydrogens (tertiary/aromatic N) is 2. The van der Waals surface area contributed by atoms with Crippen molar-refractivity contribution >= 4 is 22.7 Å². The van der Waals surface area contributed by atoms with Gasteiger partial charge < -0.3 is 10.6 Å². The van der Waals surface area contributed by atoms with Crippen LogP contribution in [0.4, 0.5) is 22.7 Å². The van der Waals surface area contributed by atoms with Crippen molar-refractivity contribution in [1.82, 2.24) is 0 Å². The summed E-state index contributed by atoms with van der Waals surface area (Å²) in [6, 6.07) is 32.9. The first kappa shape index (κ1) is 24.4. The third-order valence-electron chi connectivity index (χ3n) is 4.52. The van der Waals surface area contributed by atoms with Gasteiger partial charge in [-0.2, -0.15) is 0 Å². The Hall–Kier alpha value is -2.90. The summed E-state index contributed by atoms with van der Waals surface area (Å²) < 4.78 is 0. The van der Waals surface area contributed by atoms with Crippen LogP contribution in [0.3, 0.4) is 0 Å². The quantitative estimate of drug-likeness (QED) is 0.273. The molecule has 0 aliphatic heterocycles. The van der Waals surface area contributed by atoms with Gasteiger partial charge in [0.2, 0.25) is 0 Å². The van der Waals surface area contributed by atoms with Gasteiger partial charge in [-0.25, -0.2) is 0 Å². The van der Waals surface area contributed by atoms with Gasteiger partial charge in [0.05, 0.1) is 0 Å². The predicted octanol–water partition coefficient (Wildman–Crippen LogP) is 9.28. The minimum absolute atomic E-state index is 0. The molecule has 0 amide bonds. The van der Waals surface area contributed by atoms with Gasteiger partial charge in [0.15, 0.2) is 0 Å². The molecular weight excluding hydrogens is 430 g/mol. The summed E-state index contributed by atoms with van der Waals surface area (Å²) in [6.45, 7) is 8.31. The fourth-order valence-electron chi connectivity index (χ4n) is 3.09. The zero-order valence-corrected chi connectivity index (χ0v) is 21.8. The Morgan fingerprint density at radius 3 is 0.806 bits per heavy atom. The Bertz CT molecular complexity index is 929. The maximum Gasteiger partial charge on any atom is 2.00 e. The SMILES string of the molecule is Cc1cccc([N-]c2cccc(C)c2)c1.Cc1cccc([N-]c2cccc(C)c2)c1.[Zn+2]. The minimum atomic E-state index is 0. The molecule has 0 aliphatic carbocycles. The maximum absolute atomic E-state index is 4.56. The van der Waals surface area contributed by atoms with Crippen molar-refractivity contribution in [2.45, 2.75) is 27.7 Å². The third kappa shape index (κ3) is 8.40. The molecular formula is C28H28N2Zn. The molecule has 0 heterocycles. The molecule has 2 nitrogen and oxygen atoms in total. The summed E-state index contributed by atoms with van der Waals surface area (Å²) in [4.78, 5) is 0. The van der Waals surface area contributed by atoms with Gasteiger partial charge >= 0.3 is 19.5 Å². The summed E-state index contributed by atoms with van der Waals surface area (Å²) in [5.41, 5.74) is 9.02. The van der Waals surface area contributed by atoms with Gasteiger partial charge in [-0.05, 0) is 27.7 Å². The molecule has 0 bridgehead atoms. The van der Waals surface area contributed by atoms with E-state index in [-0.39, 0.29) is 19.5 Å². The van der Waals surface area contributed by atoms with E-state index in [1.807, 2.05) is 48.5 Å². The summed E-state index contributed by atoms with van der Waals surface area (Å²) in [7, 11) is 0. The van der Waals surface area contributed by atoms with E-state index in [0.29, 0.717) is 0 Å². The van der Waals surface area contributed by atoms with E-state index in [1.165, 1.54) is 22.3 Å². The van der Waals surface area contributed by atoms with Gasteiger partial charge in [0, 0.05) is 0 Å². The molecule has 0 aliphatic rings. The molecule has 4 aromatic rings. The smallest absolute Gasteiger partial charge is 0.658 e. The molecule has 0 saturated heterocycles. The summed E-state index contributed by atoms with van der Waals surface area (Å²) in [5, 5.41) is 9.13. The van der Waals surface area contributed by atoms with E-state index in [2.05, 4.69) is 86.9 Å². The summed E-state index contributed by atoms with van der Waals surface area (Å²) in [6.07, 6.45) is 0. The van der Waals surface area contributed by atoms with Crippen LogP contribution in [-0.4, -0.2) is 0 Å². The van der Waals surface area contributed by atoms with Gasteiger partial charge in [-0.15, -0.1) is 22.7 Å². The molecule has 3 heteroatoms. The van der Waals surface area contributed by atoms with Gasteiger partial charge in [0.25, 0.3) is 0 Å². The average Bonchev–Trinajstić information content (AvgIpc) is 2.69. The second-order valence-electron chi connectivity index (χ2n) is 7.58. The van der Waals surface area contributed by atoms with Gasteiger partial charge in [-0.3, -0.25) is 0 Å². The fourth-order valence-corrected chi connectivity index (χ4v) is 3.09. The Morgan fingerprint density at radius 1 is 0.387 bits per heavy atom. The normalized spacial score (nSPS) is 9.68. The molecule has 31 heavy (non-hydrogen) atoms. The first-order valence-electron chi connectivity index (χ1n) is 10.2. The van der Waals surface area contributed by atoms with Gasteiger partial charge in [0.1, 0.15) is 0 Å². The van der Waals surface area contributed by atoms with Crippen LogP contribution in [0.1, 0.15) is 22.3 Å². The van der Waals surface area contributed by atoms with Crippen LogP contribution >= 0.6 is 0 Å². The molecule has 152 valence electrons. The minimum Gasteiger partial charge on any atom is -0.658 e. The first-order chi connectivity index (χ1) is 14.5. The second kappa shape index (κ2) is 12.1. The molecule has 0 radical (unpaired) electrons. The van der Waals surface area contributed by atoms with Crippen molar-refractivity contribution in [1.29, 1.82) is 0 Å². The molecule has 4 aromatic carbocycles. The Morgan fingerprint density at radius 2 is 0.613 bits per heavy atom.